The summed E-state index contributed by atoms with van der Waals surface area (Å²) in [5.41, 5.74) is 0.798. The summed E-state index contributed by atoms with van der Waals surface area (Å²) in [5, 5.41) is 5.59. The number of carbonyl (C=O) groups excluding carboxylic acids is 1. The number of hydrogen-bond acceptors (Lipinski definition) is 2. The van der Waals surface area contributed by atoms with Crippen LogP contribution in [-0.4, -0.2) is 25.3 Å². The number of para-hydroxylation sites is 1. The van der Waals surface area contributed by atoms with Crippen LogP contribution in [0.5, 0.6) is 0 Å². The third-order valence-electron chi connectivity index (χ3n) is 3.78. The maximum atomic E-state index is 11.7. The largest absolute Gasteiger partial charge is 0.376 e. The van der Waals surface area contributed by atoms with Crippen molar-refractivity contribution in [2.75, 3.05) is 18.5 Å². The number of anilines is 1. The van der Waals surface area contributed by atoms with Crippen molar-refractivity contribution >= 4 is 11.7 Å². The first-order valence-corrected chi connectivity index (χ1v) is 7.47. The third-order valence-corrected chi connectivity index (χ3v) is 3.78. The van der Waals surface area contributed by atoms with Gasteiger partial charge in [0.1, 0.15) is 0 Å². The highest BCUT2D eigenvalue weighted by Gasteiger charge is 2.21. The molecule has 0 aromatic heterocycles. The Balaban J connectivity index is 1.60. The van der Waals surface area contributed by atoms with E-state index in [9.17, 15) is 4.79 Å². The number of ether oxygens (including phenoxy) is 1. The predicted octanol–water partition coefficient (Wildman–Crippen LogP) is 3.40. The van der Waals surface area contributed by atoms with Gasteiger partial charge >= 0.3 is 6.03 Å². The standard InChI is InChI=1S/C16H24N2O2/c1-13-7-5-6-10-15(13)20-12-11-17-16(19)18-14-8-3-2-4-9-14/h2-4,8-9,13,15H,5-7,10-12H2,1H3,(H2,17,18,19)/t13-,15+/m1/s1. The highest BCUT2D eigenvalue weighted by Crippen LogP contribution is 2.25. The normalized spacial score (nSPS) is 22.2. The Morgan fingerprint density at radius 3 is 2.75 bits per heavy atom. The average Bonchev–Trinajstić information content (AvgIpc) is 2.46. The van der Waals surface area contributed by atoms with Gasteiger partial charge in [0.2, 0.25) is 0 Å². The number of amides is 2. The quantitative estimate of drug-likeness (QED) is 0.810. The fourth-order valence-electron chi connectivity index (χ4n) is 2.60. The van der Waals surface area contributed by atoms with Crippen LogP contribution in [0.1, 0.15) is 32.6 Å². The Morgan fingerprint density at radius 2 is 2.00 bits per heavy atom. The molecule has 2 rings (SSSR count). The molecule has 0 unspecified atom stereocenters. The minimum atomic E-state index is -0.184. The van der Waals surface area contributed by atoms with E-state index in [0.717, 1.165) is 12.1 Å². The second-order valence-electron chi connectivity index (χ2n) is 5.42. The number of nitrogens with one attached hydrogen (secondary N) is 2. The average molecular weight is 276 g/mol. The summed E-state index contributed by atoms with van der Waals surface area (Å²) in [5.74, 6) is 0.641. The van der Waals surface area contributed by atoms with Crippen LogP contribution in [-0.2, 0) is 4.74 Å². The van der Waals surface area contributed by atoms with E-state index in [-0.39, 0.29) is 6.03 Å². The minimum absolute atomic E-state index is 0.184. The van der Waals surface area contributed by atoms with Crippen LogP contribution >= 0.6 is 0 Å². The summed E-state index contributed by atoms with van der Waals surface area (Å²) >= 11 is 0. The summed E-state index contributed by atoms with van der Waals surface area (Å²) in [6.07, 6.45) is 5.35. The van der Waals surface area contributed by atoms with E-state index in [1.54, 1.807) is 0 Å². The first-order chi connectivity index (χ1) is 9.75. The fraction of sp³-hybridized carbons (Fsp3) is 0.562. The summed E-state index contributed by atoms with van der Waals surface area (Å²) in [7, 11) is 0. The number of hydrogen-bond donors (Lipinski definition) is 2. The Morgan fingerprint density at radius 1 is 1.25 bits per heavy atom. The van der Waals surface area contributed by atoms with Gasteiger partial charge in [-0.3, -0.25) is 0 Å². The first kappa shape index (κ1) is 14.9. The zero-order valence-corrected chi connectivity index (χ0v) is 12.1. The van der Waals surface area contributed by atoms with Crippen molar-refractivity contribution in [3.63, 3.8) is 0 Å². The number of carbonyl (C=O) groups is 1. The molecule has 1 aromatic rings. The second-order valence-corrected chi connectivity index (χ2v) is 5.42. The molecule has 0 bridgehead atoms. The second kappa shape index (κ2) is 7.90. The Labute approximate surface area is 120 Å². The van der Waals surface area contributed by atoms with Crippen LogP contribution in [0.3, 0.4) is 0 Å². The highest BCUT2D eigenvalue weighted by molar-refractivity contribution is 5.89. The van der Waals surface area contributed by atoms with E-state index in [4.69, 9.17) is 4.74 Å². The van der Waals surface area contributed by atoms with Gasteiger partial charge in [-0.1, -0.05) is 38.0 Å². The molecule has 0 saturated heterocycles. The molecule has 1 aliphatic carbocycles. The lowest BCUT2D eigenvalue weighted by atomic mass is 9.88. The lowest BCUT2D eigenvalue weighted by molar-refractivity contribution is -0.00232. The molecule has 0 radical (unpaired) electrons. The third kappa shape index (κ3) is 4.85. The molecule has 0 aliphatic heterocycles. The topological polar surface area (TPSA) is 50.4 Å². The zero-order valence-electron chi connectivity index (χ0n) is 12.1. The summed E-state index contributed by atoms with van der Waals surface area (Å²) < 4.78 is 5.85. The molecule has 1 aliphatic rings. The molecule has 1 aromatic carbocycles. The van der Waals surface area contributed by atoms with Gasteiger partial charge in [-0.25, -0.2) is 4.79 Å². The molecule has 4 nitrogen and oxygen atoms in total. The molecular formula is C16H24N2O2. The van der Waals surface area contributed by atoms with Crippen molar-refractivity contribution in [1.82, 2.24) is 5.32 Å². The summed E-state index contributed by atoms with van der Waals surface area (Å²) in [6, 6.07) is 9.24. The van der Waals surface area contributed by atoms with Crippen LogP contribution in [0.2, 0.25) is 0 Å². The number of rotatable bonds is 5. The van der Waals surface area contributed by atoms with Gasteiger partial charge in [-0.15, -0.1) is 0 Å². The molecule has 110 valence electrons. The van der Waals surface area contributed by atoms with Crippen molar-refractivity contribution in [2.24, 2.45) is 5.92 Å². The summed E-state index contributed by atoms with van der Waals surface area (Å²) in [4.78, 5) is 11.7. The van der Waals surface area contributed by atoms with Crippen LogP contribution in [0.4, 0.5) is 10.5 Å². The van der Waals surface area contributed by atoms with Gasteiger partial charge in [0.25, 0.3) is 0 Å². The van der Waals surface area contributed by atoms with E-state index < -0.39 is 0 Å². The molecule has 20 heavy (non-hydrogen) atoms. The Bertz CT molecular complexity index is 408. The Kier molecular flexibility index (Phi) is 5.87. The smallest absolute Gasteiger partial charge is 0.319 e. The van der Waals surface area contributed by atoms with Crippen LogP contribution < -0.4 is 10.6 Å². The number of urea groups is 1. The fourth-order valence-corrected chi connectivity index (χ4v) is 2.60. The van der Waals surface area contributed by atoms with Gasteiger partial charge in [-0.2, -0.15) is 0 Å². The van der Waals surface area contributed by atoms with Crippen molar-refractivity contribution in [3.05, 3.63) is 30.3 Å². The van der Waals surface area contributed by atoms with E-state index in [1.807, 2.05) is 30.3 Å². The highest BCUT2D eigenvalue weighted by atomic mass is 16.5. The Hall–Kier alpha value is -1.55. The molecular weight excluding hydrogens is 252 g/mol. The summed E-state index contributed by atoms with van der Waals surface area (Å²) in [6.45, 7) is 3.37. The lowest BCUT2D eigenvalue weighted by Crippen LogP contribution is -2.34. The van der Waals surface area contributed by atoms with Gasteiger partial charge in [0, 0.05) is 12.2 Å². The SMILES string of the molecule is C[C@@H]1CCCC[C@@H]1OCCNC(=O)Nc1ccccc1. The number of benzene rings is 1. The van der Waals surface area contributed by atoms with Crippen LogP contribution in [0.15, 0.2) is 30.3 Å². The van der Waals surface area contributed by atoms with Crippen LogP contribution in [0.25, 0.3) is 0 Å². The molecule has 1 fully saturated rings. The molecule has 2 N–H and O–H groups in total. The molecule has 0 heterocycles. The van der Waals surface area contributed by atoms with Crippen molar-refractivity contribution in [1.29, 1.82) is 0 Å². The van der Waals surface area contributed by atoms with E-state index in [0.29, 0.717) is 25.2 Å². The van der Waals surface area contributed by atoms with Gasteiger partial charge in [0.15, 0.2) is 0 Å². The maximum absolute atomic E-state index is 11.7. The van der Waals surface area contributed by atoms with Crippen molar-refractivity contribution in [3.8, 4) is 0 Å². The first-order valence-electron chi connectivity index (χ1n) is 7.47. The molecule has 0 spiro atoms. The molecule has 1 saturated carbocycles. The van der Waals surface area contributed by atoms with Gasteiger partial charge in [-0.05, 0) is 30.9 Å². The molecule has 2 atom stereocenters. The van der Waals surface area contributed by atoms with E-state index in [2.05, 4.69) is 17.6 Å². The molecule has 2 amide bonds. The van der Waals surface area contributed by atoms with Crippen molar-refractivity contribution in [2.45, 2.75) is 38.7 Å². The van der Waals surface area contributed by atoms with Gasteiger partial charge in [0.05, 0.1) is 12.7 Å². The van der Waals surface area contributed by atoms with E-state index >= 15 is 0 Å². The minimum Gasteiger partial charge on any atom is -0.376 e. The predicted molar refractivity (Wildman–Crippen MR) is 80.8 cm³/mol. The lowest BCUT2D eigenvalue weighted by Gasteiger charge is -2.28. The van der Waals surface area contributed by atoms with Crippen LogP contribution in [0, 0.1) is 5.92 Å². The zero-order chi connectivity index (χ0) is 14.2. The monoisotopic (exact) mass is 276 g/mol. The maximum Gasteiger partial charge on any atom is 0.319 e. The van der Waals surface area contributed by atoms with Gasteiger partial charge < -0.3 is 15.4 Å². The van der Waals surface area contributed by atoms with E-state index in [1.165, 1.54) is 19.3 Å². The van der Waals surface area contributed by atoms with Crippen molar-refractivity contribution < 1.29 is 9.53 Å². The molecule has 4 heteroatoms.